The van der Waals surface area contributed by atoms with Gasteiger partial charge >= 0.3 is 0 Å². The molecule has 3 aromatic rings. The quantitative estimate of drug-likeness (QED) is 0.561. The smallest absolute Gasteiger partial charge is 0.268 e. The summed E-state index contributed by atoms with van der Waals surface area (Å²) in [7, 11) is 0. The van der Waals surface area contributed by atoms with E-state index in [9.17, 15) is 9.59 Å². The minimum Gasteiger partial charge on any atom is -0.376 e. The minimum absolute atomic E-state index is 0.0218. The summed E-state index contributed by atoms with van der Waals surface area (Å²) in [5.74, 6) is 0.652. The Morgan fingerprint density at radius 1 is 1.26 bits per heavy atom. The molecule has 3 aromatic heterocycles. The van der Waals surface area contributed by atoms with Crippen molar-refractivity contribution in [2.24, 2.45) is 0 Å². The van der Waals surface area contributed by atoms with E-state index >= 15 is 0 Å². The highest BCUT2D eigenvalue weighted by Gasteiger charge is 2.25. The van der Waals surface area contributed by atoms with E-state index in [-0.39, 0.29) is 17.2 Å². The van der Waals surface area contributed by atoms with Crippen LogP contribution in [0.2, 0.25) is 0 Å². The number of pyridine rings is 1. The van der Waals surface area contributed by atoms with Crippen LogP contribution in [0.3, 0.4) is 0 Å². The molecule has 0 N–H and O–H groups in total. The molecule has 2 aliphatic rings. The first-order valence-electron chi connectivity index (χ1n) is 10.7. The first kappa shape index (κ1) is 20.5. The number of hydrogen-bond donors (Lipinski definition) is 0. The fourth-order valence-electron chi connectivity index (χ4n) is 4.40. The van der Waals surface area contributed by atoms with Gasteiger partial charge in [0.25, 0.3) is 11.1 Å². The van der Waals surface area contributed by atoms with Gasteiger partial charge in [0, 0.05) is 32.0 Å². The van der Waals surface area contributed by atoms with Crippen molar-refractivity contribution in [3.63, 3.8) is 0 Å². The van der Waals surface area contributed by atoms with Crippen molar-refractivity contribution in [3.8, 4) is 10.4 Å². The predicted octanol–water partition coefficient (Wildman–Crippen LogP) is 3.40. The molecule has 9 heteroatoms. The Morgan fingerprint density at radius 3 is 2.77 bits per heavy atom. The van der Waals surface area contributed by atoms with Crippen LogP contribution in [-0.4, -0.2) is 39.8 Å². The normalized spacial score (nSPS) is 18.9. The fourth-order valence-corrected chi connectivity index (χ4v) is 5.74. The van der Waals surface area contributed by atoms with Crippen LogP contribution >= 0.6 is 23.6 Å². The van der Waals surface area contributed by atoms with Crippen molar-refractivity contribution in [2.45, 2.75) is 45.3 Å². The van der Waals surface area contributed by atoms with Gasteiger partial charge < -0.3 is 9.64 Å². The summed E-state index contributed by atoms with van der Waals surface area (Å²) in [5, 5.41) is 0. The Morgan fingerprint density at radius 2 is 2.06 bits per heavy atom. The van der Waals surface area contributed by atoms with E-state index in [1.54, 1.807) is 15.2 Å². The number of aromatic nitrogens is 3. The van der Waals surface area contributed by atoms with Gasteiger partial charge in [0.2, 0.25) is 0 Å². The van der Waals surface area contributed by atoms with Gasteiger partial charge in [0.15, 0.2) is 3.95 Å². The highest BCUT2D eigenvalue weighted by Crippen LogP contribution is 2.31. The van der Waals surface area contributed by atoms with Crippen molar-refractivity contribution < 1.29 is 4.74 Å². The van der Waals surface area contributed by atoms with E-state index in [2.05, 4.69) is 4.90 Å². The van der Waals surface area contributed by atoms with Crippen LogP contribution in [-0.2, 0) is 11.3 Å². The molecule has 1 unspecified atom stereocenters. The number of anilines is 1. The fraction of sp³-hybridized carbons (Fsp3) is 0.455. The van der Waals surface area contributed by atoms with Crippen molar-refractivity contribution in [2.75, 3.05) is 24.6 Å². The molecule has 1 atom stereocenters. The van der Waals surface area contributed by atoms with E-state index in [4.69, 9.17) is 21.9 Å². The third-order valence-corrected chi connectivity index (χ3v) is 7.44. The molecule has 0 saturated carbocycles. The molecule has 162 valence electrons. The van der Waals surface area contributed by atoms with E-state index in [0.717, 1.165) is 50.9 Å². The number of hydrogen-bond acceptors (Lipinski definition) is 7. The largest absolute Gasteiger partial charge is 0.376 e. The van der Waals surface area contributed by atoms with E-state index in [1.807, 2.05) is 19.1 Å². The predicted molar refractivity (Wildman–Crippen MR) is 125 cm³/mol. The summed E-state index contributed by atoms with van der Waals surface area (Å²) in [6.45, 7) is 4.84. The van der Waals surface area contributed by atoms with Crippen LogP contribution < -0.4 is 16.0 Å². The standard InChI is InChI=1S/C22H24N4O3S2/c1-14-6-4-10-25-19(14)23-20(24-8-2-3-9-24)18(21(25)28)16-12-17(27)26(22(30)31-16)13-15-7-5-11-29-15/h4,6,10,12,15H,2-3,5,7-9,11,13H2,1H3. The lowest BCUT2D eigenvalue weighted by Gasteiger charge is -2.21. The first-order valence-corrected chi connectivity index (χ1v) is 11.9. The van der Waals surface area contributed by atoms with Crippen LogP contribution in [0.5, 0.6) is 0 Å². The summed E-state index contributed by atoms with van der Waals surface area (Å²) in [6, 6.07) is 5.33. The molecule has 0 aliphatic carbocycles. The molecule has 0 bridgehead atoms. The lowest BCUT2D eigenvalue weighted by atomic mass is 10.2. The zero-order chi connectivity index (χ0) is 21.5. The molecule has 31 heavy (non-hydrogen) atoms. The highest BCUT2D eigenvalue weighted by atomic mass is 32.1. The van der Waals surface area contributed by atoms with Gasteiger partial charge in [-0.25, -0.2) is 4.98 Å². The maximum atomic E-state index is 13.6. The van der Waals surface area contributed by atoms with Crippen molar-refractivity contribution in [1.82, 2.24) is 14.0 Å². The molecule has 0 radical (unpaired) electrons. The van der Waals surface area contributed by atoms with Crippen LogP contribution in [0, 0.1) is 10.9 Å². The molecule has 2 saturated heterocycles. The summed E-state index contributed by atoms with van der Waals surface area (Å²) in [5.41, 5.74) is 1.68. The van der Waals surface area contributed by atoms with Crippen molar-refractivity contribution >= 4 is 35.0 Å². The SMILES string of the molecule is Cc1cccn2c(=O)c(-c3cc(=O)n(CC4CCCO4)c(=S)s3)c(N3CCCC3)nc12. The lowest BCUT2D eigenvalue weighted by molar-refractivity contribution is 0.0961. The molecule has 5 heterocycles. The monoisotopic (exact) mass is 456 g/mol. The van der Waals surface area contributed by atoms with Crippen LogP contribution in [0.25, 0.3) is 16.1 Å². The second-order valence-electron chi connectivity index (χ2n) is 8.15. The zero-order valence-corrected chi connectivity index (χ0v) is 19.0. The molecule has 5 rings (SSSR count). The Kier molecular flexibility index (Phi) is 5.49. The van der Waals surface area contributed by atoms with Gasteiger partial charge in [-0.1, -0.05) is 6.07 Å². The Bertz CT molecular complexity index is 1280. The lowest BCUT2D eigenvalue weighted by Crippen LogP contribution is -2.28. The number of rotatable bonds is 4. The summed E-state index contributed by atoms with van der Waals surface area (Å²) < 4.78 is 9.29. The van der Waals surface area contributed by atoms with Crippen molar-refractivity contribution in [3.05, 3.63) is 54.6 Å². The Balaban J connectivity index is 1.70. The molecule has 2 aliphatic heterocycles. The molecule has 0 spiro atoms. The maximum absolute atomic E-state index is 13.6. The average molecular weight is 457 g/mol. The summed E-state index contributed by atoms with van der Waals surface area (Å²) in [6.07, 6.45) is 5.81. The highest BCUT2D eigenvalue weighted by molar-refractivity contribution is 7.73. The molecule has 0 amide bonds. The summed E-state index contributed by atoms with van der Waals surface area (Å²) >= 11 is 6.88. The van der Waals surface area contributed by atoms with Crippen LogP contribution in [0.1, 0.15) is 31.2 Å². The van der Waals surface area contributed by atoms with E-state index in [0.29, 0.717) is 32.4 Å². The number of aryl methyl sites for hydroxylation is 1. The van der Waals surface area contributed by atoms with Crippen LogP contribution in [0.4, 0.5) is 5.82 Å². The van der Waals surface area contributed by atoms with Crippen molar-refractivity contribution in [1.29, 1.82) is 0 Å². The first-order chi connectivity index (χ1) is 15.0. The molecular formula is C22H24N4O3S2. The Hall–Kier alpha value is -2.36. The van der Waals surface area contributed by atoms with E-state index in [1.165, 1.54) is 17.4 Å². The Labute approximate surface area is 188 Å². The van der Waals surface area contributed by atoms with Gasteiger partial charge in [-0.05, 0) is 56.5 Å². The number of fused-ring (bicyclic) bond motifs is 1. The minimum atomic E-state index is -0.199. The van der Waals surface area contributed by atoms with Gasteiger partial charge in [-0.3, -0.25) is 18.6 Å². The third-order valence-electron chi connectivity index (χ3n) is 6.03. The topological polar surface area (TPSA) is 68.8 Å². The van der Waals surface area contributed by atoms with Crippen LogP contribution in [0.15, 0.2) is 34.0 Å². The second kappa shape index (κ2) is 8.29. The molecular weight excluding hydrogens is 432 g/mol. The van der Waals surface area contributed by atoms with Gasteiger partial charge in [0.1, 0.15) is 17.0 Å². The van der Waals surface area contributed by atoms with E-state index < -0.39 is 0 Å². The number of nitrogens with zero attached hydrogens (tertiary/aromatic N) is 4. The second-order valence-corrected chi connectivity index (χ2v) is 9.83. The molecule has 7 nitrogen and oxygen atoms in total. The average Bonchev–Trinajstić information content (AvgIpc) is 3.45. The van der Waals surface area contributed by atoms with Gasteiger partial charge in [-0.2, -0.15) is 0 Å². The van der Waals surface area contributed by atoms with Gasteiger partial charge in [-0.15, -0.1) is 11.3 Å². The molecule has 2 fully saturated rings. The number of ether oxygens (including phenoxy) is 1. The zero-order valence-electron chi connectivity index (χ0n) is 17.4. The maximum Gasteiger partial charge on any atom is 0.268 e. The van der Waals surface area contributed by atoms with Gasteiger partial charge in [0.05, 0.1) is 17.5 Å². The third kappa shape index (κ3) is 3.75. The summed E-state index contributed by atoms with van der Waals surface area (Å²) in [4.78, 5) is 34.2. The molecule has 0 aromatic carbocycles.